The molecule has 6 nitrogen and oxygen atoms in total. The van der Waals surface area contributed by atoms with Gasteiger partial charge in [-0.25, -0.2) is 13.4 Å². The highest BCUT2D eigenvalue weighted by atomic mass is 35.5. The van der Waals surface area contributed by atoms with Crippen molar-refractivity contribution in [1.29, 1.82) is 0 Å². The van der Waals surface area contributed by atoms with Gasteiger partial charge in [0.15, 0.2) is 15.0 Å². The molecule has 2 aromatic carbocycles. The van der Waals surface area contributed by atoms with Crippen molar-refractivity contribution in [1.82, 2.24) is 9.88 Å². The van der Waals surface area contributed by atoms with Crippen molar-refractivity contribution < 1.29 is 13.2 Å². The zero-order valence-electron chi connectivity index (χ0n) is 18.4. The molecule has 0 spiro atoms. The van der Waals surface area contributed by atoms with E-state index < -0.39 is 9.84 Å². The third-order valence-corrected chi connectivity index (χ3v) is 6.98. The van der Waals surface area contributed by atoms with Gasteiger partial charge in [0.2, 0.25) is 0 Å². The molecular weight excluding hydrogens is 454 g/mol. The zero-order chi connectivity index (χ0) is 22.1. The Morgan fingerprint density at radius 1 is 1.10 bits per heavy atom. The maximum atomic E-state index is 13.5. The van der Waals surface area contributed by atoms with Gasteiger partial charge in [0.1, 0.15) is 0 Å². The van der Waals surface area contributed by atoms with Crippen LogP contribution in [0.3, 0.4) is 0 Å². The van der Waals surface area contributed by atoms with Gasteiger partial charge in [-0.2, -0.15) is 0 Å². The van der Waals surface area contributed by atoms with Crippen LogP contribution in [-0.2, 0) is 9.84 Å². The van der Waals surface area contributed by atoms with Crippen LogP contribution >= 0.6 is 23.7 Å². The van der Waals surface area contributed by atoms with Gasteiger partial charge >= 0.3 is 0 Å². The van der Waals surface area contributed by atoms with E-state index in [2.05, 4.69) is 17.0 Å². The van der Waals surface area contributed by atoms with Crippen LogP contribution in [0, 0.1) is 13.8 Å². The Kier molecular flexibility index (Phi) is 8.21. The molecule has 0 bridgehead atoms. The van der Waals surface area contributed by atoms with Crippen LogP contribution in [0.5, 0.6) is 0 Å². The molecule has 0 saturated heterocycles. The second-order valence-electron chi connectivity index (χ2n) is 7.81. The fourth-order valence-corrected chi connectivity index (χ4v) is 5.46. The number of carbonyl (C=O) groups is 1. The Balaban J connectivity index is 0.00000341. The first-order valence-electron chi connectivity index (χ1n) is 9.71. The Morgan fingerprint density at radius 2 is 1.77 bits per heavy atom. The highest BCUT2D eigenvalue weighted by Crippen LogP contribution is 2.33. The van der Waals surface area contributed by atoms with Crippen molar-refractivity contribution in [2.75, 3.05) is 38.3 Å². The number of benzene rings is 2. The van der Waals surface area contributed by atoms with E-state index in [1.807, 2.05) is 27.9 Å². The number of amides is 1. The number of anilines is 1. The lowest BCUT2D eigenvalue weighted by atomic mass is 10.1. The largest absolute Gasteiger partial charge is 0.309 e. The summed E-state index contributed by atoms with van der Waals surface area (Å²) in [5.74, 6) is -0.344. The molecule has 0 unspecified atom stereocenters. The first-order chi connectivity index (χ1) is 14.1. The number of aryl methyl sites for hydroxylation is 2. The number of aromatic nitrogens is 1. The smallest absolute Gasteiger partial charge is 0.261 e. The van der Waals surface area contributed by atoms with E-state index in [1.54, 1.807) is 23.1 Å². The lowest BCUT2D eigenvalue weighted by molar-refractivity contribution is 0.0983. The lowest BCUT2D eigenvalue weighted by Crippen LogP contribution is -2.34. The normalized spacial score (nSPS) is 11.5. The van der Waals surface area contributed by atoms with E-state index in [-0.39, 0.29) is 28.8 Å². The van der Waals surface area contributed by atoms with Crippen LogP contribution in [0.1, 0.15) is 27.9 Å². The second-order valence-corrected chi connectivity index (χ2v) is 10.8. The fraction of sp³-hybridized carbons (Fsp3) is 0.364. The first kappa shape index (κ1) is 25.3. The summed E-state index contributed by atoms with van der Waals surface area (Å²) in [4.78, 5) is 22.0. The van der Waals surface area contributed by atoms with Crippen molar-refractivity contribution in [3.05, 3.63) is 53.1 Å². The summed E-state index contributed by atoms with van der Waals surface area (Å²) in [6.45, 7) is 5.30. The minimum absolute atomic E-state index is 0. The standard InChI is InChI=1S/C22H27N3O3S2.ClH/c1-15-13-16(2)20-18(14-15)29-22(23-20)25(12-8-11-24(3)4)21(26)17-9-6-7-10-19(17)30(5,27)28;/h6-7,9-10,13-14H,8,11-12H2,1-5H3;1H. The van der Waals surface area contributed by atoms with Gasteiger partial charge in [-0.15, -0.1) is 12.4 Å². The van der Waals surface area contributed by atoms with Crippen molar-refractivity contribution in [3.8, 4) is 0 Å². The van der Waals surface area contributed by atoms with Gasteiger partial charge in [0, 0.05) is 12.8 Å². The summed E-state index contributed by atoms with van der Waals surface area (Å²) < 4.78 is 25.5. The van der Waals surface area contributed by atoms with Crippen LogP contribution in [0.15, 0.2) is 41.3 Å². The maximum Gasteiger partial charge on any atom is 0.261 e. The number of sulfone groups is 1. The molecule has 168 valence electrons. The second kappa shape index (κ2) is 10.1. The number of rotatable bonds is 7. The van der Waals surface area contributed by atoms with Crippen molar-refractivity contribution in [2.24, 2.45) is 0 Å². The monoisotopic (exact) mass is 481 g/mol. The Labute approximate surface area is 194 Å². The number of carbonyl (C=O) groups excluding carboxylic acids is 1. The van der Waals surface area contributed by atoms with Gasteiger partial charge in [0.05, 0.1) is 20.7 Å². The summed E-state index contributed by atoms with van der Waals surface area (Å²) in [6.07, 6.45) is 1.87. The predicted molar refractivity (Wildman–Crippen MR) is 131 cm³/mol. The molecular formula is C22H28ClN3O3S2. The van der Waals surface area contributed by atoms with E-state index in [0.29, 0.717) is 11.7 Å². The predicted octanol–water partition coefficient (Wildman–Crippen LogP) is 4.34. The zero-order valence-corrected chi connectivity index (χ0v) is 20.8. The molecule has 0 N–H and O–H groups in total. The van der Waals surface area contributed by atoms with E-state index in [1.165, 1.54) is 17.4 Å². The molecule has 1 amide bonds. The summed E-state index contributed by atoms with van der Waals surface area (Å²) in [6, 6.07) is 10.5. The van der Waals surface area contributed by atoms with Crippen LogP contribution in [0.4, 0.5) is 5.13 Å². The first-order valence-corrected chi connectivity index (χ1v) is 12.4. The van der Waals surface area contributed by atoms with E-state index in [0.717, 1.165) is 40.6 Å². The minimum Gasteiger partial charge on any atom is -0.309 e. The van der Waals surface area contributed by atoms with Crippen molar-refractivity contribution in [3.63, 3.8) is 0 Å². The fourth-order valence-electron chi connectivity index (χ4n) is 3.42. The molecule has 0 aliphatic rings. The molecule has 1 heterocycles. The molecule has 0 aliphatic carbocycles. The highest BCUT2D eigenvalue weighted by Gasteiger charge is 2.26. The average Bonchev–Trinajstić information content (AvgIpc) is 3.08. The number of halogens is 1. The van der Waals surface area contributed by atoms with Gasteiger partial charge < -0.3 is 4.90 Å². The van der Waals surface area contributed by atoms with Gasteiger partial charge in [-0.05, 0) is 70.2 Å². The maximum absolute atomic E-state index is 13.5. The quantitative estimate of drug-likeness (QED) is 0.502. The highest BCUT2D eigenvalue weighted by molar-refractivity contribution is 7.90. The number of nitrogens with zero attached hydrogens (tertiary/aromatic N) is 3. The van der Waals surface area contributed by atoms with E-state index in [9.17, 15) is 13.2 Å². The topological polar surface area (TPSA) is 70.6 Å². The van der Waals surface area contributed by atoms with Gasteiger partial charge in [-0.1, -0.05) is 29.5 Å². The van der Waals surface area contributed by atoms with Crippen LogP contribution in [0.2, 0.25) is 0 Å². The Morgan fingerprint density at radius 3 is 2.42 bits per heavy atom. The molecule has 0 aliphatic heterocycles. The summed E-state index contributed by atoms with van der Waals surface area (Å²) >= 11 is 1.46. The molecule has 31 heavy (non-hydrogen) atoms. The van der Waals surface area contributed by atoms with Crippen LogP contribution < -0.4 is 4.90 Å². The number of hydrogen-bond donors (Lipinski definition) is 0. The van der Waals surface area contributed by atoms with E-state index in [4.69, 9.17) is 4.98 Å². The number of fused-ring (bicyclic) bond motifs is 1. The minimum atomic E-state index is -3.54. The molecule has 0 radical (unpaired) electrons. The molecule has 0 saturated carbocycles. The van der Waals surface area contributed by atoms with Crippen LogP contribution in [0.25, 0.3) is 10.2 Å². The molecule has 1 aromatic heterocycles. The number of hydrogen-bond acceptors (Lipinski definition) is 6. The van der Waals surface area contributed by atoms with Crippen LogP contribution in [-0.4, -0.2) is 57.6 Å². The average molecular weight is 482 g/mol. The van der Waals surface area contributed by atoms with Crippen molar-refractivity contribution >= 4 is 54.8 Å². The molecule has 0 fully saturated rings. The third kappa shape index (κ3) is 5.83. The molecule has 9 heteroatoms. The lowest BCUT2D eigenvalue weighted by Gasteiger charge is -2.22. The Bertz CT molecular complexity index is 1190. The summed E-state index contributed by atoms with van der Waals surface area (Å²) in [5.41, 5.74) is 3.26. The van der Waals surface area contributed by atoms with Gasteiger partial charge in [0.25, 0.3) is 5.91 Å². The third-order valence-electron chi connectivity index (χ3n) is 4.80. The van der Waals surface area contributed by atoms with Gasteiger partial charge in [-0.3, -0.25) is 9.69 Å². The molecule has 3 rings (SSSR count). The molecule has 0 atom stereocenters. The summed E-state index contributed by atoms with van der Waals surface area (Å²) in [5, 5.41) is 0.589. The van der Waals surface area contributed by atoms with E-state index >= 15 is 0 Å². The Hall–Kier alpha value is -2.00. The SMILES string of the molecule is Cc1cc(C)c2nc(N(CCCN(C)C)C(=O)c3ccccc3S(C)(=O)=O)sc2c1.Cl. The number of thiazole rings is 1. The van der Waals surface area contributed by atoms with Crippen molar-refractivity contribution in [2.45, 2.75) is 25.2 Å². The summed E-state index contributed by atoms with van der Waals surface area (Å²) in [7, 11) is 0.424. The molecule has 3 aromatic rings.